The smallest absolute Gasteiger partial charge is 0.306 e. The van der Waals surface area contributed by atoms with Crippen molar-refractivity contribution >= 4 is 11.4 Å². The van der Waals surface area contributed by atoms with Crippen LogP contribution in [0.3, 0.4) is 0 Å². The summed E-state index contributed by atoms with van der Waals surface area (Å²) in [5, 5.41) is 10.1. The van der Waals surface area contributed by atoms with Crippen LogP contribution in [0.4, 0.5) is 15.8 Å². The topological polar surface area (TPSA) is 69.2 Å². The quantitative estimate of drug-likeness (QED) is 0.378. The van der Waals surface area contributed by atoms with E-state index in [9.17, 15) is 14.5 Å². The van der Waals surface area contributed by atoms with Crippen molar-refractivity contribution in [3.05, 3.63) is 34.1 Å². The summed E-state index contributed by atoms with van der Waals surface area (Å²) in [5.41, 5.74) is 4.28. The first-order chi connectivity index (χ1) is 5.13. The minimum absolute atomic E-state index is 0.209. The van der Waals surface area contributed by atoms with Crippen LogP contribution in [0.25, 0.3) is 0 Å². The zero-order valence-corrected chi connectivity index (χ0v) is 5.45. The number of halogens is 1. The van der Waals surface area contributed by atoms with Crippen LogP contribution in [-0.4, -0.2) is 4.92 Å². The van der Waals surface area contributed by atoms with E-state index in [0.29, 0.717) is 0 Å². The van der Waals surface area contributed by atoms with Gasteiger partial charge >= 0.3 is 5.69 Å². The van der Waals surface area contributed by atoms with Crippen LogP contribution in [0.2, 0.25) is 0 Å². The van der Waals surface area contributed by atoms with Gasteiger partial charge in [0.2, 0.25) is 5.82 Å². The third kappa shape index (κ3) is 1.26. The van der Waals surface area contributed by atoms with E-state index in [1.165, 1.54) is 12.1 Å². The highest BCUT2D eigenvalue weighted by molar-refractivity contribution is 5.49. The largest absolute Gasteiger partial charge is 0.396 e. The molecule has 0 amide bonds. The normalized spacial score (nSPS) is 9.55. The lowest BCUT2D eigenvalue weighted by Crippen LogP contribution is -1.96. The molecule has 0 aliphatic heterocycles. The molecule has 0 saturated carbocycles. The van der Waals surface area contributed by atoms with Gasteiger partial charge in [-0.3, -0.25) is 10.1 Å². The van der Waals surface area contributed by atoms with Gasteiger partial charge in [0.1, 0.15) is 0 Å². The van der Waals surface area contributed by atoms with Crippen LogP contribution in [0.1, 0.15) is 0 Å². The molecule has 5 heteroatoms. The van der Waals surface area contributed by atoms with Gasteiger partial charge in [0.15, 0.2) is 0 Å². The van der Waals surface area contributed by atoms with Crippen molar-refractivity contribution in [3.8, 4) is 0 Å². The Balaban J connectivity index is 3.27. The first-order valence-corrected chi connectivity index (χ1v) is 2.81. The van der Waals surface area contributed by atoms with Crippen LogP contribution in [0.5, 0.6) is 0 Å². The number of nitrogens with two attached hydrogens (primary N) is 1. The molecule has 11 heavy (non-hydrogen) atoms. The maximum absolute atomic E-state index is 12.7. The van der Waals surface area contributed by atoms with Crippen LogP contribution in [-0.2, 0) is 0 Å². The van der Waals surface area contributed by atoms with E-state index < -0.39 is 16.4 Å². The summed E-state index contributed by atoms with van der Waals surface area (Å²) >= 11 is 0. The summed E-state index contributed by atoms with van der Waals surface area (Å²) in [5.74, 6) is -0.975. The molecule has 0 aliphatic rings. The fourth-order valence-electron chi connectivity index (χ4n) is 0.678. The third-order valence-electron chi connectivity index (χ3n) is 1.20. The van der Waals surface area contributed by atoms with E-state index >= 15 is 0 Å². The number of nitro groups is 1. The van der Waals surface area contributed by atoms with Gasteiger partial charge in [0, 0.05) is 6.07 Å². The van der Waals surface area contributed by atoms with Gasteiger partial charge in [0.25, 0.3) is 0 Å². The zero-order chi connectivity index (χ0) is 8.43. The second-order valence-electron chi connectivity index (χ2n) is 1.94. The fraction of sp³-hybridized carbons (Fsp3) is 0. The summed E-state index contributed by atoms with van der Waals surface area (Å²) in [6.07, 6.45) is 0. The minimum atomic E-state index is -0.975. The predicted octanol–water partition coefficient (Wildman–Crippen LogP) is 1.32. The molecule has 0 atom stereocenters. The van der Waals surface area contributed by atoms with Crippen molar-refractivity contribution in [2.24, 2.45) is 0 Å². The van der Waals surface area contributed by atoms with E-state index in [4.69, 9.17) is 5.73 Å². The Hall–Kier alpha value is -1.65. The van der Waals surface area contributed by atoms with Crippen molar-refractivity contribution in [1.82, 2.24) is 0 Å². The number of nitrogen functional groups attached to an aromatic ring is 1. The average Bonchev–Trinajstić information content (AvgIpc) is 1.94. The minimum Gasteiger partial charge on any atom is -0.396 e. The van der Waals surface area contributed by atoms with Crippen LogP contribution < -0.4 is 5.73 Å². The summed E-state index contributed by atoms with van der Waals surface area (Å²) < 4.78 is 12.7. The first kappa shape index (κ1) is 7.46. The summed E-state index contributed by atoms with van der Waals surface area (Å²) in [6.45, 7) is 0. The van der Waals surface area contributed by atoms with Crippen LogP contribution >= 0.6 is 0 Å². The van der Waals surface area contributed by atoms with E-state index in [1.54, 1.807) is 0 Å². The molecule has 1 aromatic rings. The lowest BCUT2D eigenvalue weighted by Gasteiger charge is -1.95. The number of hydrogen-bond donors (Lipinski definition) is 1. The number of rotatable bonds is 1. The molecular weight excluding hydrogens is 151 g/mol. The molecule has 1 aromatic carbocycles. The highest BCUT2D eigenvalue weighted by Crippen LogP contribution is 2.20. The molecule has 0 fully saturated rings. The molecule has 0 bridgehead atoms. The molecule has 0 spiro atoms. The highest BCUT2D eigenvalue weighted by Gasteiger charge is 2.14. The second kappa shape index (κ2) is 2.53. The molecule has 0 saturated heterocycles. The molecule has 0 heterocycles. The maximum atomic E-state index is 12.7. The summed E-state index contributed by atoms with van der Waals surface area (Å²) in [6, 6.07) is 3.66. The van der Waals surface area contributed by atoms with Gasteiger partial charge in [-0.1, -0.05) is 6.07 Å². The van der Waals surface area contributed by atoms with Gasteiger partial charge in [-0.25, -0.2) is 0 Å². The highest BCUT2D eigenvalue weighted by atomic mass is 19.1. The number of hydrogen-bond acceptors (Lipinski definition) is 3. The molecular formula is C6H5FN2O2. The van der Waals surface area contributed by atoms with Gasteiger partial charge in [-0.15, -0.1) is 0 Å². The Kier molecular flexibility index (Phi) is 1.72. The Morgan fingerprint density at radius 1 is 1.55 bits per heavy atom. The van der Waals surface area contributed by atoms with Crippen LogP contribution in [0.15, 0.2) is 18.2 Å². The maximum Gasteiger partial charge on any atom is 0.306 e. The van der Waals surface area contributed by atoms with E-state index in [2.05, 4.69) is 0 Å². The average molecular weight is 156 g/mol. The molecule has 0 radical (unpaired) electrons. The summed E-state index contributed by atoms with van der Waals surface area (Å²) in [4.78, 5) is 9.27. The SMILES string of the molecule is Nc1cccc([N+](=O)[O-])c1F. The predicted molar refractivity (Wildman–Crippen MR) is 37.5 cm³/mol. The lowest BCUT2D eigenvalue weighted by atomic mass is 10.3. The summed E-state index contributed by atoms with van der Waals surface area (Å²) in [7, 11) is 0. The number of nitro benzene ring substituents is 1. The van der Waals surface area contributed by atoms with Gasteiger partial charge in [0.05, 0.1) is 10.6 Å². The molecule has 58 valence electrons. The Morgan fingerprint density at radius 3 is 2.64 bits per heavy atom. The van der Waals surface area contributed by atoms with Gasteiger partial charge in [-0.2, -0.15) is 4.39 Å². The molecule has 0 aliphatic carbocycles. The second-order valence-corrected chi connectivity index (χ2v) is 1.94. The zero-order valence-electron chi connectivity index (χ0n) is 5.45. The van der Waals surface area contributed by atoms with Crippen molar-refractivity contribution in [2.75, 3.05) is 5.73 Å². The molecule has 1 rings (SSSR count). The third-order valence-corrected chi connectivity index (χ3v) is 1.20. The standard InChI is InChI=1S/C6H5FN2O2/c7-6-4(8)2-1-3-5(6)9(10)11/h1-3H,8H2. The monoisotopic (exact) mass is 156 g/mol. The molecule has 0 unspecified atom stereocenters. The molecule has 2 N–H and O–H groups in total. The Labute approximate surface area is 61.6 Å². The van der Waals surface area contributed by atoms with E-state index in [1.807, 2.05) is 0 Å². The Bertz CT molecular complexity index is 301. The van der Waals surface area contributed by atoms with Gasteiger partial charge in [-0.05, 0) is 6.07 Å². The number of nitrogens with zero attached hydrogens (tertiary/aromatic N) is 1. The van der Waals surface area contributed by atoms with Gasteiger partial charge < -0.3 is 5.73 Å². The van der Waals surface area contributed by atoms with Crippen LogP contribution in [0, 0.1) is 15.9 Å². The lowest BCUT2D eigenvalue weighted by molar-refractivity contribution is -0.387. The molecule has 0 aromatic heterocycles. The first-order valence-electron chi connectivity index (χ1n) is 2.81. The fourth-order valence-corrected chi connectivity index (χ4v) is 0.678. The van der Waals surface area contributed by atoms with Crippen molar-refractivity contribution in [1.29, 1.82) is 0 Å². The van der Waals surface area contributed by atoms with E-state index in [-0.39, 0.29) is 5.69 Å². The van der Waals surface area contributed by atoms with Crippen molar-refractivity contribution in [2.45, 2.75) is 0 Å². The van der Waals surface area contributed by atoms with Crippen molar-refractivity contribution in [3.63, 3.8) is 0 Å². The Morgan fingerprint density at radius 2 is 2.18 bits per heavy atom. The number of benzene rings is 1. The van der Waals surface area contributed by atoms with Crippen molar-refractivity contribution < 1.29 is 9.31 Å². The van der Waals surface area contributed by atoms with E-state index in [0.717, 1.165) is 6.07 Å². The molecule has 4 nitrogen and oxygen atoms in total. The number of anilines is 1.